The molecule has 0 bridgehead atoms. The summed E-state index contributed by atoms with van der Waals surface area (Å²) in [6, 6.07) is 16.4. The summed E-state index contributed by atoms with van der Waals surface area (Å²) in [6.45, 7) is 5.21. The lowest BCUT2D eigenvalue weighted by molar-refractivity contribution is -0.121. The van der Waals surface area contributed by atoms with Crippen LogP contribution in [0.25, 0.3) is 0 Å². The van der Waals surface area contributed by atoms with E-state index in [4.69, 9.17) is 4.74 Å². The minimum absolute atomic E-state index is 0.0653. The summed E-state index contributed by atoms with van der Waals surface area (Å²) in [7, 11) is 0. The molecule has 0 saturated heterocycles. The van der Waals surface area contributed by atoms with E-state index in [1.54, 1.807) is 0 Å². The molecular formula is C20H25NO2. The van der Waals surface area contributed by atoms with Gasteiger partial charge in [0.2, 0.25) is 5.91 Å². The zero-order valence-electron chi connectivity index (χ0n) is 14.0. The predicted molar refractivity (Wildman–Crippen MR) is 93.8 cm³/mol. The molecule has 0 saturated carbocycles. The van der Waals surface area contributed by atoms with E-state index in [0.717, 1.165) is 18.6 Å². The van der Waals surface area contributed by atoms with Crippen LogP contribution in [-0.4, -0.2) is 19.1 Å². The van der Waals surface area contributed by atoms with Crippen LogP contribution < -0.4 is 10.1 Å². The van der Waals surface area contributed by atoms with Gasteiger partial charge in [-0.2, -0.15) is 0 Å². The highest BCUT2D eigenvalue weighted by molar-refractivity contribution is 5.76. The third-order valence-corrected chi connectivity index (χ3v) is 3.79. The van der Waals surface area contributed by atoms with E-state index in [2.05, 4.69) is 55.6 Å². The molecule has 122 valence electrons. The molecule has 0 fully saturated rings. The topological polar surface area (TPSA) is 38.3 Å². The summed E-state index contributed by atoms with van der Waals surface area (Å²) in [5.41, 5.74) is 3.72. The Morgan fingerprint density at radius 2 is 1.65 bits per heavy atom. The lowest BCUT2D eigenvalue weighted by Crippen LogP contribution is -2.28. The van der Waals surface area contributed by atoms with Crippen LogP contribution in [0.3, 0.4) is 0 Å². The summed E-state index contributed by atoms with van der Waals surface area (Å²) >= 11 is 0. The van der Waals surface area contributed by atoms with Gasteiger partial charge in [0.05, 0.1) is 6.54 Å². The summed E-state index contributed by atoms with van der Waals surface area (Å²) in [4.78, 5) is 11.8. The van der Waals surface area contributed by atoms with Crippen molar-refractivity contribution in [1.29, 1.82) is 0 Å². The third-order valence-electron chi connectivity index (χ3n) is 3.79. The monoisotopic (exact) mass is 311 g/mol. The highest BCUT2D eigenvalue weighted by Crippen LogP contribution is 2.12. The van der Waals surface area contributed by atoms with E-state index >= 15 is 0 Å². The molecule has 0 heterocycles. The van der Waals surface area contributed by atoms with Crippen molar-refractivity contribution >= 4 is 5.91 Å². The van der Waals surface area contributed by atoms with Gasteiger partial charge in [-0.25, -0.2) is 0 Å². The van der Waals surface area contributed by atoms with Crippen LogP contribution in [0.5, 0.6) is 5.75 Å². The summed E-state index contributed by atoms with van der Waals surface area (Å²) < 4.78 is 5.62. The van der Waals surface area contributed by atoms with Crippen LogP contribution in [0.2, 0.25) is 0 Å². The normalized spacial score (nSPS) is 10.3. The molecule has 3 nitrogen and oxygen atoms in total. The first-order valence-corrected chi connectivity index (χ1v) is 8.21. The number of rotatable bonds is 8. The van der Waals surface area contributed by atoms with Gasteiger partial charge in [0.1, 0.15) is 12.4 Å². The average Bonchev–Trinajstić information content (AvgIpc) is 2.59. The second-order valence-corrected chi connectivity index (χ2v) is 5.68. The molecule has 0 aliphatic rings. The average molecular weight is 311 g/mol. The Hall–Kier alpha value is -2.29. The molecule has 1 N–H and O–H groups in total. The fourth-order valence-electron chi connectivity index (χ4n) is 2.28. The lowest BCUT2D eigenvalue weighted by Gasteiger charge is -2.08. The fourth-order valence-corrected chi connectivity index (χ4v) is 2.28. The maximum absolute atomic E-state index is 11.8. The Kier molecular flexibility index (Phi) is 6.67. The second-order valence-electron chi connectivity index (χ2n) is 5.68. The van der Waals surface area contributed by atoms with Crippen LogP contribution in [0.1, 0.15) is 30.0 Å². The minimum atomic E-state index is 0.0653. The standard InChI is InChI=1S/C20H25NO2/c1-3-17-8-11-19(12-9-17)23-15-14-21-20(22)13-10-18-6-4-16(2)5-7-18/h4-9,11-12H,3,10,13-15H2,1-2H3,(H,21,22). The third kappa shape index (κ3) is 6.15. The number of aryl methyl sites for hydroxylation is 3. The quantitative estimate of drug-likeness (QED) is 0.755. The van der Waals surface area contributed by atoms with Crippen molar-refractivity contribution in [3.05, 3.63) is 65.2 Å². The molecule has 1 amide bonds. The van der Waals surface area contributed by atoms with Crippen LogP contribution >= 0.6 is 0 Å². The number of nitrogens with one attached hydrogen (secondary N) is 1. The van der Waals surface area contributed by atoms with Crippen LogP contribution in [0.15, 0.2) is 48.5 Å². The van der Waals surface area contributed by atoms with Crippen molar-refractivity contribution in [3.63, 3.8) is 0 Å². The molecule has 0 radical (unpaired) electrons. The molecule has 2 aromatic rings. The second kappa shape index (κ2) is 8.99. The van der Waals surface area contributed by atoms with Crippen LogP contribution in [-0.2, 0) is 17.6 Å². The number of benzene rings is 2. The number of carbonyl (C=O) groups is 1. The molecule has 23 heavy (non-hydrogen) atoms. The number of amides is 1. The van der Waals surface area contributed by atoms with E-state index in [0.29, 0.717) is 19.6 Å². The zero-order valence-corrected chi connectivity index (χ0v) is 14.0. The van der Waals surface area contributed by atoms with E-state index in [9.17, 15) is 4.79 Å². The van der Waals surface area contributed by atoms with E-state index in [1.165, 1.54) is 16.7 Å². The Morgan fingerprint density at radius 3 is 2.30 bits per heavy atom. The van der Waals surface area contributed by atoms with Gasteiger partial charge in [-0.05, 0) is 43.0 Å². The first-order valence-electron chi connectivity index (χ1n) is 8.21. The summed E-state index contributed by atoms with van der Waals surface area (Å²) in [5.74, 6) is 0.909. The SMILES string of the molecule is CCc1ccc(OCCNC(=O)CCc2ccc(C)cc2)cc1. The number of carbonyl (C=O) groups excluding carboxylic acids is 1. The van der Waals surface area contributed by atoms with E-state index in [1.807, 2.05) is 12.1 Å². The lowest BCUT2D eigenvalue weighted by atomic mass is 10.1. The number of hydrogen-bond acceptors (Lipinski definition) is 2. The molecule has 0 atom stereocenters. The Morgan fingerprint density at radius 1 is 1.00 bits per heavy atom. The number of ether oxygens (including phenoxy) is 1. The molecule has 0 unspecified atom stereocenters. The molecular weight excluding hydrogens is 286 g/mol. The Bertz CT molecular complexity index is 603. The molecule has 2 aromatic carbocycles. The first kappa shape index (κ1) is 17.1. The van der Waals surface area contributed by atoms with Crippen molar-refractivity contribution < 1.29 is 9.53 Å². The molecule has 0 aliphatic heterocycles. The van der Waals surface area contributed by atoms with Crippen LogP contribution in [0, 0.1) is 6.92 Å². The van der Waals surface area contributed by atoms with Crippen molar-refractivity contribution in [3.8, 4) is 5.75 Å². The van der Waals surface area contributed by atoms with Gasteiger partial charge < -0.3 is 10.1 Å². The van der Waals surface area contributed by atoms with Gasteiger partial charge in [-0.3, -0.25) is 4.79 Å². The van der Waals surface area contributed by atoms with Crippen molar-refractivity contribution in [1.82, 2.24) is 5.32 Å². The van der Waals surface area contributed by atoms with Crippen molar-refractivity contribution in [2.24, 2.45) is 0 Å². The Labute approximate surface area is 138 Å². The van der Waals surface area contributed by atoms with Gasteiger partial charge >= 0.3 is 0 Å². The maximum atomic E-state index is 11.8. The van der Waals surface area contributed by atoms with Gasteiger partial charge in [0.25, 0.3) is 0 Å². The smallest absolute Gasteiger partial charge is 0.220 e. The molecule has 0 aromatic heterocycles. The van der Waals surface area contributed by atoms with Gasteiger partial charge in [0, 0.05) is 6.42 Å². The molecule has 2 rings (SSSR count). The molecule has 0 aliphatic carbocycles. The van der Waals surface area contributed by atoms with Crippen LogP contribution in [0.4, 0.5) is 0 Å². The largest absolute Gasteiger partial charge is 0.492 e. The predicted octanol–water partition coefficient (Wildman–Crippen LogP) is 3.69. The zero-order chi connectivity index (χ0) is 16.5. The van der Waals surface area contributed by atoms with Gasteiger partial charge in [-0.1, -0.05) is 48.9 Å². The highest BCUT2D eigenvalue weighted by Gasteiger charge is 2.02. The number of hydrogen-bond donors (Lipinski definition) is 1. The Balaban J connectivity index is 1.61. The fraction of sp³-hybridized carbons (Fsp3) is 0.350. The highest BCUT2D eigenvalue weighted by atomic mass is 16.5. The van der Waals surface area contributed by atoms with E-state index in [-0.39, 0.29) is 5.91 Å². The first-order chi connectivity index (χ1) is 11.2. The summed E-state index contributed by atoms with van der Waals surface area (Å²) in [6.07, 6.45) is 2.30. The summed E-state index contributed by atoms with van der Waals surface area (Å²) in [5, 5.41) is 2.89. The van der Waals surface area contributed by atoms with E-state index < -0.39 is 0 Å². The van der Waals surface area contributed by atoms with Crippen molar-refractivity contribution in [2.45, 2.75) is 33.1 Å². The molecule has 0 spiro atoms. The van der Waals surface area contributed by atoms with Crippen molar-refractivity contribution in [2.75, 3.05) is 13.2 Å². The maximum Gasteiger partial charge on any atom is 0.220 e. The minimum Gasteiger partial charge on any atom is -0.492 e. The van der Waals surface area contributed by atoms with Gasteiger partial charge in [0.15, 0.2) is 0 Å². The molecule has 3 heteroatoms. The van der Waals surface area contributed by atoms with Gasteiger partial charge in [-0.15, -0.1) is 0 Å².